The number of hydrogen-bond donors (Lipinski definition) is 6. The molecule has 0 aromatic rings. The van der Waals surface area contributed by atoms with E-state index in [0.717, 1.165) is 0 Å². The Bertz CT molecular complexity index is 132. The van der Waals surface area contributed by atoms with Gasteiger partial charge in [0.1, 0.15) is 0 Å². The quantitative estimate of drug-likeness (QED) is 0.228. The van der Waals surface area contributed by atoms with Gasteiger partial charge in [-0.2, -0.15) is 0 Å². The molecule has 0 saturated carbocycles. The highest BCUT2D eigenvalue weighted by Gasteiger charge is 1.42. The van der Waals surface area contributed by atoms with Gasteiger partial charge in [-0.3, -0.25) is 0 Å². The summed E-state index contributed by atoms with van der Waals surface area (Å²) in [5.41, 5.74) is 0. The minimum absolute atomic E-state index is 0. The molecule has 68 valence electrons. The van der Waals surface area contributed by atoms with Gasteiger partial charge in [0.05, 0.1) is 0 Å². The van der Waals surface area contributed by atoms with Crippen LogP contribution in [0, 0.1) is 0 Å². The lowest BCUT2D eigenvalue weighted by Crippen LogP contribution is -1.85. The maximum atomic E-state index is 8.81. The second kappa shape index (κ2) is 15.9. The van der Waals surface area contributed by atoms with Crippen molar-refractivity contribution in [2.45, 2.75) is 0 Å². The molecule has 0 aromatic heterocycles. The van der Waals surface area contributed by atoms with Crippen LogP contribution in [0.2, 0.25) is 0 Å². The van der Waals surface area contributed by atoms with E-state index in [1.807, 2.05) is 0 Å². The van der Waals surface area contributed by atoms with E-state index in [0.29, 0.717) is 0 Å². The Kier molecular flexibility index (Phi) is 35.9. The molecule has 10 heteroatoms. The molecule has 10 heavy (non-hydrogen) atoms. The van der Waals surface area contributed by atoms with Crippen molar-refractivity contribution >= 4 is 21.8 Å². The Morgan fingerprint density at radius 2 is 0.700 bits per heavy atom. The zero-order valence-corrected chi connectivity index (χ0v) is 6.89. The zero-order valence-electron chi connectivity index (χ0n) is 5.10. The van der Waals surface area contributed by atoms with Crippen LogP contribution in [-0.4, -0.2) is 16.8 Å². The molecule has 0 saturated heterocycles. The molecular weight excluding hydrogens is 184 g/mol. The highest BCUT2D eigenvalue weighted by molar-refractivity contribution is 7.70. The second-order valence-corrected chi connectivity index (χ2v) is 1.71. The summed E-state index contributed by atoms with van der Waals surface area (Å²) < 4.78 is 35.3. The Labute approximate surface area is 61.9 Å². The van der Waals surface area contributed by atoms with Crippen LogP contribution in [0.15, 0.2) is 0 Å². The molecule has 0 aromatic carbocycles. The fraction of sp³-hybridized carbons (Fsp3) is 0. The standard InChI is InChI=1S/2H3NO2S.2H3N/c2*1-4(2)3;;/h2*4H,(H2,1,2,3);2*1H3. The number of hydrogen-bond acceptors (Lipinski definition) is 6. The zero-order chi connectivity index (χ0) is 7.15. The largest absolute Gasteiger partial charge is 0.344 e. The van der Waals surface area contributed by atoms with E-state index in [4.69, 9.17) is 16.8 Å². The van der Waals surface area contributed by atoms with E-state index >= 15 is 0 Å². The van der Waals surface area contributed by atoms with E-state index in [1.54, 1.807) is 0 Å². The Hall–Kier alpha value is -0.260. The van der Waals surface area contributed by atoms with Crippen molar-refractivity contribution in [3.8, 4) is 0 Å². The molecule has 0 spiro atoms. The lowest BCUT2D eigenvalue weighted by molar-refractivity contribution is 0.614. The summed E-state index contributed by atoms with van der Waals surface area (Å²) in [6, 6.07) is 0. The maximum Gasteiger partial charge on any atom is 0.198 e. The van der Waals surface area contributed by atoms with E-state index in [-0.39, 0.29) is 12.3 Å². The number of thiol groups is 2. The first kappa shape index (κ1) is 22.6. The fourth-order valence-electron chi connectivity index (χ4n) is 0. The highest BCUT2D eigenvalue weighted by atomic mass is 32.2. The average molecular weight is 196 g/mol. The molecule has 8 nitrogen and oxygen atoms in total. The molecule has 0 bridgehead atoms. The summed E-state index contributed by atoms with van der Waals surface area (Å²) in [6.07, 6.45) is 0. The SMILES string of the molecule is N.N.N[SH](=O)=O.N[SH](=O)=O. The monoisotopic (exact) mass is 196 g/mol. The predicted octanol–water partition coefficient (Wildman–Crippen LogP) is -2.73. The third-order valence-electron chi connectivity index (χ3n) is 0. The molecule has 0 rings (SSSR count). The van der Waals surface area contributed by atoms with Crippen LogP contribution in [0.3, 0.4) is 0 Å². The van der Waals surface area contributed by atoms with Crippen molar-refractivity contribution in [1.82, 2.24) is 12.3 Å². The Morgan fingerprint density at radius 1 is 0.700 bits per heavy atom. The lowest BCUT2D eigenvalue weighted by Gasteiger charge is -1.44. The fourth-order valence-corrected chi connectivity index (χ4v) is 0. The van der Waals surface area contributed by atoms with E-state index in [2.05, 4.69) is 10.3 Å². The van der Waals surface area contributed by atoms with Crippen LogP contribution in [0.5, 0.6) is 0 Å². The number of rotatable bonds is 0. The average Bonchev–Trinajstić information content (AvgIpc) is 1.25. The molecule has 0 aliphatic rings. The van der Waals surface area contributed by atoms with Crippen LogP contribution in [0.4, 0.5) is 0 Å². The van der Waals surface area contributed by atoms with Gasteiger partial charge in [-0.25, -0.2) is 27.1 Å². The summed E-state index contributed by atoms with van der Waals surface area (Å²) in [6.45, 7) is 0. The van der Waals surface area contributed by atoms with Gasteiger partial charge in [-0.05, 0) is 0 Å². The first-order chi connectivity index (χ1) is 3.46. The predicted molar refractivity (Wildman–Crippen MR) is 39.0 cm³/mol. The van der Waals surface area contributed by atoms with Gasteiger partial charge in [0.2, 0.25) is 0 Å². The van der Waals surface area contributed by atoms with Crippen molar-refractivity contribution in [1.29, 1.82) is 0 Å². The van der Waals surface area contributed by atoms with Crippen LogP contribution in [-0.2, 0) is 21.8 Å². The van der Waals surface area contributed by atoms with E-state index in [1.165, 1.54) is 0 Å². The summed E-state index contributed by atoms with van der Waals surface area (Å²) in [7, 11) is -5.24. The van der Waals surface area contributed by atoms with Crippen molar-refractivity contribution < 1.29 is 16.8 Å². The van der Waals surface area contributed by atoms with Gasteiger partial charge >= 0.3 is 0 Å². The van der Waals surface area contributed by atoms with Crippen LogP contribution in [0.25, 0.3) is 0 Å². The molecule has 0 amide bonds. The van der Waals surface area contributed by atoms with Crippen LogP contribution >= 0.6 is 0 Å². The highest BCUT2D eigenvalue weighted by Crippen LogP contribution is 1.14. The molecule has 10 N–H and O–H groups in total. The second-order valence-electron chi connectivity index (χ2n) is 0.571. The molecule has 0 aliphatic heterocycles. The van der Waals surface area contributed by atoms with Gasteiger partial charge in [-0.15, -0.1) is 0 Å². The Balaban J connectivity index is -0.0000000300. The summed E-state index contributed by atoms with van der Waals surface area (Å²) >= 11 is 0. The Morgan fingerprint density at radius 3 is 0.700 bits per heavy atom. The summed E-state index contributed by atoms with van der Waals surface area (Å²) in [4.78, 5) is 0. The maximum absolute atomic E-state index is 8.81. The first-order valence-corrected chi connectivity index (χ1v) is 3.74. The number of nitrogens with two attached hydrogens (primary N) is 2. The van der Waals surface area contributed by atoms with Gasteiger partial charge in [0, 0.05) is 0 Å². The van der Waals surface area contributed by atoms with E-state index in [9.17, 15) is 0 Å². The minimum atomic E-state index is -2.62. The molecular formula is H12N4O4S2. The van der Waals surface area contributed by atoms with Crippen LogP contribution in [0.1, 0.15) is 0 Å². The molecule has 0 atom stereocenters. The normalized spacial score (nSPS) is 6.80. The van der Waals surface area contributed by atoms with Gasteiger partial charge in [-0.1, -0.05) is 0 Å². The van der Waals surface area contributed by atoms with Crippen molar-refractivity contribution in [2.75, 3.05) is 0 Å². The van der Waals surface area contributed by atoms with Crippen molar-refractivity contribution in [3.63, 3.8) is 0 Å². The van der Waals surface area contributed by atoms with Crippen LogP contribution < -0.4 is 22.6 Å². The third-order valence-corrected chi connectivity index (χ3v) is 0. The molecule has 0 radical (unpaired) electrons. The lowest BCUT2D eigenvalue weighted by atomic mass is 13.9. The van der Waals surface area contributed by atoms with Gasteiger partial charge < -0.3 is 12.3 Å². The van der Waals surface area contributed by atoms with Crippen molar-refractivity contribution in [3.05, 3.63) is 0 Å². The van der Waals surface area contributed by atoms with Crippen molar-refractivity contribution in [2.24, 2.45) is 10.3 Å². The first-order valence-electron chi connectivity index (χ1n) is 1.25. The van der Waals surface area contributed by atoms with E-state index < -0.39 is 21.8 Å². The van der Waals surface area contributed by atoms with Gasteiger partial charge in [0.25, 0.3) is 0 Å². The molecule has 0 heterocycles. The smallest absolute Gasteiger partial charge is 0.198 e. The molecule has 0 fully saturated rings. The summed E-state index contributed by atoms with van der Waals surface area (Å²) in [5, 5.41) is 8.13. The van der Waals surface area contributed by atoms with Gasteiger partial charge in [0.15, 0.2) is 21.8 Å². The minimum Gasteiger partial charge on any atom is -0.344 e. The third kappa shape index (κ3) is 5200. The summed E-state index contributed by atoms with van der Waals surface area (Å²) in [5.74, 6) is 0. The topological polar surface area (TPSA) is 190 Å². The molecule has 0 aliphatic carbocycles. The molecule has 0 unspecified atom stereocenters.